The van der Waals surface area contributed by atoms with Crippen molar-refractivity contribution in [1.29, 1.82) is 5.26 Å². The van der Waals surface area contributed by atoms with Crippen LogP contribution in [0.5, 0.6) is 11.5 Å². The van der Waals surface area contributed by atoms with Crippen LogP contribution in [-0.2, 0) is 4.79 Å². The van der Waals surface area contributed by atoms with Gasteiger partial charge < -0.3 is 10.1 Å². The predicted molar refractivity (Wildman–Crippen MR) is 108 cm³/mol. The molecule has 0 bridgehead atoms. The number of nitro groups is 1. The second kappa shape index (κ2) is 8.97. The fourth-order valence-electron chi connectivity index (χ4n) is 2.47. The molecule has 0 aliphatic heterocycles. The summed E-state index contributed by atoms with van der Waals surface area (Å²) in [5, 5.41) is 22.8. The third kappa shape index (κ3) is 5.05. The zero-order chi connectivity index (χ0) is 20.6. The van der Waals surface area contributed by atoms with E-state index in [2.05, 4.69) is 5.32 Å². The van der Waals surface area contributed by atoms with Crippen molar-refractivity contribution in [1.82, 2.24) is 0 Å². The Hall–Kier alpha value is -4.44. The van der Waals surface area contributed by atoms with Crippen LogP contribution >= 0.6 is 0 Å². The van der Waals surface area contributed by atoms with Gasteiger partial charge >= 0.3 is 0 Å². The summed E-state index contributed by atoms with van der Waals surface area (Å²) >= 11 is 0. The highest BCUT2D eigenvalue weighted by molar-refractivity contribution is 6.10. The van der Waals surface area contributed by atoms with Gasteiger partial charge in [0.1, 0.15) is 17.4 Å². The molecule has 0 aliphatic carbocycles. The first kappa shape index (κ1) is 19.3. The number of nitriles is 1. The monoisotopic (exact) mass is 385 g/mol. The lowest BCUT2D eigenvalue weighted by atomic mass is 10.1. The number of benzene rings is 3. The molecule has 0 atom stereocenters. The number of nitrogens with zero attached hydrogens (tertiary/aromatic N) is 2. The fourth-order valence-corrected chi connectivity index (χ4v) is 2.47. The van der Waals surface area contributed by atoms with E-state index in [1.54, 1.807) is 36.4 Å². The summed E-state index contributed by atoms with van der Waals surface area (Å²) in [6.07, 6.45) is 1.36. The Morgan fingerprint density at radius 2 is 1.66 bits per heavy atom. The molecule has 7 nitrogen and oxygen atoms in total. The highest BCUT2D eigenvalue weighted by Crippen LogP contribution is 2.29. The van der Waals surface area contributed by atoms with Crippen LogP contribution in [0.2, 0.25) is 0 Å². The summed E-state index contributed by atoms with van der Waals surface area (Å²) in [7, 11) is 0. The molecule has 3 aromatic carbocycles. The summed E-state index contributed by atoms with van der Waals surface area (Å²) < 4.78 is 5.80. The summed E-state index contributed by atoms with van der Waals surface area (Å²) in [5.74, 6) is 0.422. The van der Waals surface area contributed by atoms with Crippen molar-refractivity contribution in [2.24, 2.45) is 0 Å². The highest BCUT2D eigenvalue weighted by atomic mass is 16.6. The molecule has 0 saturated carbocycles. The van der Waals surface area contributed by atoms with Crippen LogP contribution in [0, 0.1) is 21.4 Å². The van der Waals surface area contributed by atoms with Gasteiger partial charge in [0.2, 0.25) is 0 Å². The van der Waals surface area contributed by atoms with Gasteiger partial charge in [-0.15, -0.1) is 0 Å². The number of anilines is 1. The average molecular weight is 385 g/mol. The van der Waals surface area contributed by atoms with Gasteiger partial charge in [0.05, 0.1) is 10.6 Å². The molecule has 7 heteroatoms. The quantitative estimate of drug-likeness (QED) is 0.280. The van der Waals surface area contributed by atoms with Crippen molar-refractivity contribution in [3.63, 3.8) is 0 Å². The van der Waals surface area contributed by atoms with Gasteiger partial charge in [-0.3, -0.25) is 14.9 Å². The highest BCUT2D eigenvalue weighted by Gasteiger charge is 2.13. The van der Waals surface area contributed by atoms with Crippen molar-refractivity contribution < 1.29 is 14.5 Å². The Labute approximate surface area is 166 Å². The summed E-state index contributed by atoms with van der Waals surface area (Å²) in [5.41, 5.74) is 0.688. The minimum atomic E-state index is -0.616. The topological polar surface area (TPSA) is 105 Å². The van der Waals surface area contributed by atoms with E-state index in [4.69, 9.17) is 4.74 Å². The first-order valence-corrected chi connectivity index (χ1v) is 8.56. The first-order chi connectivity index (χ1) is 14.1. The molecule has 1 amide bonds. The molecular formula is C22H15N3O4. The number of nitrogens with one attached hydrogen (secondary N) is 1. The molecule has 3 rings (SSSR count). The standard InChI is InChI=1S/C22H15N3O4/c23-15-17(14-16-10-12-18(13-11-16)25(27)28)22(26)24-20-8-4-5-9-21(20)29-19-6-2-1-3-7-19/h1-14H,(H,24,26)/b17-14+. The summed E-state index contributed by atoms with van der Waals surface area (Å²) in [6, 6.07) is 23.4. The molecule has 3 aromatic rings. The van der Waals surface area contributed by atoms with Crippen LogP contribution in [0.15, 0.2) is 84.4 Å². The van der Waals surface area contributed by atoms with Gasteiger partial charge in [-0.2, -0.15) is 5.26 Å². The van der Waals surface area contributed by atoms with Crippen LogP contribution < -0.4 is 10.1 Å². The maximum atomic E-state index is 12.6. The second-order valence-electron chi connectivity index (χ2n) is 5.88. The zero-order valence-corrected chi connectivity index (χ0v) is 15.1. The lowest BCUT2D eigenvalue weighted by molar-refractivity contribution is -0.384. The van der Waals surface area contributed by atoms with Crippen LogP contribution in [0.25, 0.3) is 6.08 Å². The van der Waals surface area contributed by atoms with Gasteiger partial charge in [-0.25, -0.2) is 0 Å². The first-order valence-electron chi connectivity index (χ1n) is 8.56. The molecule has 0 spiro atoms. The third-order valence-corrected chi connectivity index (χ3v) is 3.89. The van der Waals surface area contributed by atoms with Gasteiger partial charge in [0.15, 0.2) is 5.75 Å². The van der Waals surface area contributed by atoms with Gasteiger partial charge in [-0.05, 0) is 48.0 Å². The fraction of sp³-hybridized carbons (Fsp3) is 0. The Bertz CT molecular complexity index is 1100. The minimum absolute atomic E-state index is 0.0721. The number of nitro benzene ring substituents is 1. The van der Waals surface area contributed by atoms with Gasteiger partial charge in [0.25, 0.3) is 11.6 Å². The van der Waals surface area contributed by atoms with E-state index >= 15 is 0 Å². The Morgan fingerprint density at radius 3 is 2.31 bits per heavy atom. The lowest BCUT2D eigenvalue weighted by Gasteiger charge is -2.12. The van der Waals surface area contributed by atoms with Gasteiger partial charge in [0, 0.05) is 12.1 Å². The molecule has 0 heterocycles. The van der Waals surface area contributed by atoms with E-state index in [0.717, 1.165) is 0 Å². The summed E-state index contributed by atoms with van der Waals surface area (Å²) in [6.45, 7) is 0. The maximum absolute atomic E-state index is 12.6. The molecule has 0 fully saturated rings. The SMILES string of the molecule is N#C/C(=C\c1ccc([N+](=O)[O-])cc1)C(=O)Nc1ccccc1Oc1ccccc1. The zero-order valence-electron chi connectivity index (χ0n) is 15.1. The summed E-state index contributed by atoms with van der Waals surface area (Å²) in [4.78, 5) is 22.8. The molecule has 0 radical (unpaired) electrons. The predicted octanol–water partition coefficient (Wildman–Crippen LogP) is 4.93. The van der Waals surface area contributed by atoms with Crippen LogP contribution in [0.3, 0.4) is 0 Å². The Balaban J connectivity index is 1.80. The lowest BCUT2D eigenvalue weighted by Crippen LogP contribution is -2.14. The smallest absolute Gasteiger partial charge is 0.269 e. The van der Waals surface area contributed by atoms with Crippen molar-refractivity contribution in [3.05, 3.63) is 100 Å². The van der Waals surface area contributed by atoms with E-state index in [1.165, 1.54) is 30.3 Å². The number of amides is 1. The van der Waals surface area contributed by atoms with E-state index < -0.39 is 10.8 Å². The van der Waals surface area contributed by atoms with Crippen molar-refractivity contribution in [2.45, 2.75) is 0 Å². The van der Waals surface area contributed by atoms with Crippen molar-refractivity contribution in [3.8, 4) is 17.6 Å². The molecule has 0 aliphatic rings. The van der Waals surface area contributed by atoms with Gasteiger partial charge in [-0.1, -0.05) is 30.3 Å². The van der Waals surface area contributed by atoms with E-state index in [9.17, 15) is 20.2 Å². The van der Waals surface area contributed by atoms with E-state index in [1.807, 2.05) is 24.3 Å². The van der Waals surface area contributed by atoms with Crippen LogP contribution in [0.1, 0.15) is 5.56 Å². The number of rotatable bonds is 6. The van der Waals surface area contributed by atoms with E-state index in [0.29, 0.717) is 22.7 Å². The third-order valence-electron chi connectivity index (χ3n) is 3.89. The molecule has 1 N–H and O–H groups in total. The molecule has 142 valence electrons. The number of carbonyl (C=O) groups is 1. The molecule has 29 heavy (non-hydrogen) atoms. The largest absolute Gasteiger partial charge is 0.455 e. The molecule has 0 saturated heterocycles. The Morgan fingerprint density at radius 1 is 1.00 bits per heavy atom. The minimum Gasteiger partial charge on any atom is -0.455 e. The number of hydrogen-bond acceptors (Lipinski definition) is 5. The van der Waals surface area contributed by atoms with E-state index in [-0.39, 0.29) is 11.3 Å². The molecule has 0 aromatic heterocycles. The van der Waals surface area contributed by atoms with Crippen molar-refractivity contribution in [2.75, 3.05) is 5.32 Å². The van der Waals surface area contributed by atoms with Crippen LogP contribution in [-0.4, -0.2) is 10.8 Å². The maximum Gasteiger partial charge on any atom is 0.269 e. The van der Waals surface area contributed by atoms with Crippen LogP contribution in [0.4, 0.5) is 11.4 Å². The normalized spacial score (nSPS) is 10.7. The molecular weight excluding hydrogens is 370 g/mol. The number of non-ortho nitro benzene ring substituents is 1. The number of carbonyl (C=O) groups excluding carboxylic acids is 1. The average Bonchev–Trinajstić information content (AvgIpc) is 2.74. The second-order valence-corrected chi connectivity index (χ2v) is 5.88. The number of hydrogen-bond donors (Lipinski definition) is 1. The van der Waals surface area contributed by atoms with Crippen molar-refractivity contribution >= 4 is 23.4 Å². The number of ether oxygens (including phenoxy) is 1. The Kier molecular flexibility index (Phi) is 5.98. The molecule has 0 unspecified atom stereocenters. The number of para-hydroxylation sites is 3.